The molecule has 0 aromatic heterocycles. The van der Waals surface area contributed by atoms with E-state index in [1.54, 1.807) is 7.11 Å². The van der Waals surface area contributed by atoms with Crippen LogP contribution in [0.3, 0.4) is 0 Å². The van der Waals surface area contributed by atoms with Gasteiger partial charge in [0.05, 0.1) is 37.1 Å². The summed E-state index contributed by atoms with van der Waals surface area (Å²) >= 11 is 0. The van der Waals surface area contributed by atoms with Crippen molar-refractivity contribution in [2.75, 3.05) is 54.9 Å². The van der Waals surface area contributed by atoms with Crippen molar-refractivity contribution in [3.63, 3.8) is 0 Å². The average Bonchev–Trinajstić information content (AvgIpc) is 3.42. The predicted octanol–water partition coefficient (Wildman–Crippen LogP) is 1.29. The first-order chi connectivity index (χ1) is 16.5. The number of nitrogens with zero attached hydrogens (tertiary/aromatic N) is 1. The summed E-state index contributed by atoms with van der Waals surface area (Å²) in [5.74, 6) is 0.813. The van der Waals surface area contributed by atoms with E-state index < -0.39 is 17.3 Å². The topological polar surface area (TPSA) is 78.9 Å². The molecule has 1 N–H and O–H groups in total. The zero-order chi connectivity index (χ0) is 23.7. The van der Waals surface area contributed by atoms with E-state index in [4.69, 9.17) is 28.4 Å². The molecule has 0 aromatic carbocycles. The Balaban J connectivity index is 1.55. The van der Waals surface area contributed by atoms with Crippen molar-refractivity contribution >= 4 is 0 Å². The summed E-state index contributed by atoms with van der Waals surface area (Å²) in [6.45, 7) is 4.93. The highest BCUT2D eigenvalue weighted by atomic mass is 16.7. The largest absolute Gasteiger partial charge is 0.390 e. The smallest absolute Gasteiger partial charge is 0.148 e. The van der Waals surface area contributed by atoms with E-state index in [9.17, 15) is 5.11 Å². The summed E-state index contributed by atoms with van der Waals surface area (Å²) in [6, 6.07) is 0.0378. The van der Waals surface area contributed by atoms with Crippen LogP contribution in [-0.4, -0.2) is 107 Å². The van der Waals surface area contributed by atoms with E-state index in [-0.39, 0.29) is 53.8 Å². The molecule has 7 fully saturated rings. The van der Waals surface area contributed by atoms with Gasteiger partial charge in [0, 0.05) is 70.0 Å². The van der Waals surface area contributed by atoms with Crippen LogP contribution in [0.1, 0.15) is 32.6 Å². The maximum atomic E-state index is 12.6. The van der Waals surface area contributed by atoms with E-state index in [1.807, 2.05) is 21.3 Å². The number of hydrogen-bond acceptors (Lipinski definition) is 8. The second-order valence-electron chi connectivity index (χ2n) is 12.2. The van der Waals surface area contributed by atoms with Crippen molar-refractivity contribution in [2.24, 2.45) is 34.5 Å². The average molecular weight is 480 g/mol. The standard InChI is InChI=1S/C26H41NO7/c1-6-27-11-23(12-29-2)8-7-17(31-4)25-15-9-14-16(30-3)10-24(18(15)19(14)32-5)26(22(25)27,34-13-33-24)21(28)20(23)25/h14-22,28H,6-13H2,1-5H3/t14-,15?,16+,17+,18?,19+,20?,21+,22?,23+,24-,25+,26-/m1/s1. The Morgan fingerprint density at radius 1 is 1.09 bits per heavy atom. The van der Waals surface area contributed by atoms with Crippen LogP contribution >= 0.6 is 0 Å². The normalized spacial score (nSPS) is 61.1. The number of ether oxygens (including phenoxy) is 6. The molecule has 0 radical (unpaired) electrons. The van der Waals surface area contributed by atoms with E-state index >= 15 is 0 Å². The molecular formula is C26H41NO7. The number of piperidine rings is 1. The number of fused-ring (bicyclic) bond motifs is 1. The molecule has 2 saturated heterocycles. The number of aliphatic hydroxyl groups is 1. The summed E-state index contributed by atoms with van der Waals surface area (Å²) in [5.41, 5.74) is -1.83. The fraction of sp³-hybridized carbons (Fsp3) is 1.00. The number of methoxy groups -OCH3 is 4. The minimum atomic E-state index is -0.825. The van der Waals surface area contributed by atoms with Gasteiger partial charge in [-0.1, -0.05) is 6.92 Å². The molecule has 8 heteroatoms. The Hall–Kier alpha value is -0.320. The number of likely N-dealkylation sites (tertiary alicyclic amines) is 1. The lowest BCUT2D eigenvalue weighted by molar-refractivity contribution is -0.287. The zero-order valence-corrected chi connectivity index (χ0v) is 21.2. The molecule has 7 bridgehead atoms. The van der Waals surface area contributed by atoms with E-state index in [2.05, 4.69) is 11.8 Å². The molecule has 5 saturated carbocycles. The van der Waals surface area contributed by atoms with Crippen molar-refractivity contribution in [3.8, 4) is 0 Å². The van der Waals surface area contributed by atoms with Crippen LogP contribution in [0.15, 0.2) is 0 Å². The van der Waals surface area contributed by atoms with Gasteiger partial charge in [-0.25, -0.2) is 0 Å². The minimum absolute atomic E-state index is 0.0240. The lowest BCUT2D eigenvalue weighted by Gasteiger charge is -2.70. The third kappa shape index (κ3) is 2.05. The Labute approximate surface area is 202 Å². The van der Waals surface area contributed by atoms with Gasteiger partial charge in [0.2, 0.25) is 0 Å². The summed E-state index contributed by atoms with van der Waals surface area (Å²) in [7, 11) is 7.32. The van der Waals surface area contributed by atoms with Gasteiger partial charge in [-0.2, -0.15) is 0 Å². The molecule has 4 unspecified atom stereocenters. The summed E-state index contributed by atoms with van der Waals surface area (Å²) < 4.78 is 38.3. The van der Waals surface area contributed by atoms with Crippen molar-refractivity contribution in [1.29, 1.82) is 0 Å². The molecule has 13 atom stereocenters. The highest BCUT2D eigenvalue weighted by Crippen LogP contribution is 2.82. The van der Waals surface area contributed by atoms with Gasteiger partial charge in [-0.15, -0.1) is 0 Å². The number of aliphatic hydroxyl groups excluding tert-OH is 1. The van der Waals surface area contributed by atoms with Gasteiger partial charge in [0.1, 0.15) is 18.0 Å². The third-order valence-corrected chi connectivity index (χ3v) is 12.0. The van der Waals surface area contributed by atoms with Crippen molar-refractivity contribution in [3.05, 3.63) is 0 Å². The molecule has 7 aliphatic rings. The molecule has 8 nitrogen and oxygen atoms in total. The van der Waals surface area contributed by atoms with Crippen LogP contribution in [0, 0.1) is 34.5 Å². The van der Waals surface area contributed by atoms with E-state index in [0.717, 1.165) is 38.8 Å². The van der Waals surface area contributed by atoms with Crippen LogP contribution in [0.25, 0.3) is 0 Å². The monoisotopic (exact) mass is 479 g/mol. The molecule has 192 valence electrons. The molecule has 34 heavy (non-hydrogen) atoms. The summed E-state index contributed by atoms with van der Waals surface area (Å²) in [5, 5.41) is 12.6. The predicted molar refractivity (Wildman–Crippen MR) is 121 cm³/mol. The fourth-order valence-electron chi connectivity index (χ4n) is 11.7. The van der Waals surface area contributed by atoms with Gasteiger partial charge in [0.15, 0.2) is 0 Å². The number of likely N-dealkylation sites (N-methyl/N-ethyl adjacent to an activating group) is 1. The maximum absolute atomic E-state index is 12.6. The van der Waals surface area contributed by atoms with E-state index in [1.165, 1.54) is 0 Å². The molecule has 2 heterocycles. The third-order valence-electron chi connectivity index (χ3n) is 12.0. The van der Waals surface area contributed by atoms with Crippen molar-refractivity contribution in [1.82, 2.24) is 4.90 Å². The van der Waals surface area contributed by atoms with E-state index in [0.29, 0.717) is 18.4 Å². The Kier molecular flexibility index (Phi) is 4.81. The molecule has 0 aromatic rings. The second kappa shape index (κ2) is 7.16. The first-order valence-corrected chi connectivity index (χ1v) is 13.2. The number of hydrogen-bond donors (Lipinski definition) is 1. The molecule has 0 amide bonds. The first-order valence-electron chi connectivity index (χ1n) is 13.2. The van der Waals surface area contributed by atoms with Gasteiger partial charge in [-0.3, -0.25) is 4.90 Å². The lowest BCUT2D eigenvalue weighted by atomic mass is 9.42. The molecule has 2 aliphatic heterocycles. The van der Waals surface area contributed by atoms with Gasteiger partial charge < -0.3 is 33.5 Å². The molecule has 5 aliphatic carbocycles. The molecule has 7 rings (SSSR count). The van der Waals surface area contributed by atoms with Crippen LogP contribution in [0.5, 0.6) is 0 Å². The fourth-order valence-corrected chi connectivity index (χ4v) is 11.7. The summed E-state index contributed by atoms with van der Waals surface area (Å²) in [6.07, 6.45) is 3.20. The van der Waals surface area contributed by atoms with Gasteiger partial charge in [0.25, 0.3) is 0 Å². The first kappa shape index (κ1) is 22.8. The Morgan fingerprint density at radius 3 is 2.59 bits per heavy atom. The summed E-state index contributed by atoms with van der Waals surface area (Å²) in [4.78, 5) is 2.61. The van der Waals surface area contributed by atoms with Crippen LogP contribution in [0.2, 0.25) is 0 Å². The Morgan fingerprint density at radius 2 is 1.91 bits per heavy atom. The van der Waals surface area contributed by atoms with Crippen LogP contribution in [0.4, 0.5) is 0 Å². The Bertz CT molecular complexity index is 859. The molecule has 3 spiro atoms. The lowest BCUT2D eigenvalue weighted by Crippen LogP contribution is -2.81. The highest BCUT2D eigenvalue weighted by molar-refractivity contribution is 5.42. The van der Waals surface area contributed by atoms with Crippen molar-refractivity contribution < 1.29 is 33.5 Å². The minimum Gasteiger partial charge on any atom is -0.390 e. The van der Waals surface area contributed by atoms with Gasteiger partial charge >= 0.3 is 0 Å². The van der Waals surface area contributed by atoms with Crippen LogP contribution < -0.4 is 0 Å². The van der Waals surface area contributed by atoms with Gasteiger partial charge in [-0.05, 0) is 31.7 Å². The maximum Gasteiger partial charge on any atom is 0.148 e. The second-order valence-corrected chi connectivity index (χ2v) is 12.2. The SMILES string of the molecule is CCN1C[C@]2(COC)CC[C@H](OC)[C@]34C5C[C@@H]6[C@@H](OC)C[C@@]7(OCO[C@@]7(C13)[C@@H](O)C24)C5[C@H]6OC. The quantitative estimate of drug-likeness (QED) is 0.611. The highest BCUT2D eigenvalue weighted by Gasteiger charge is 2.93. The molecular weight excluding hydrogens is 438 g/mol. The zero-order valence-electron chi connectivity index (χ0n) is 21.2. The van der Waals surface area contributed by atoms with Crippen LogP contribution in [-0.2, 0) is 28.4 Å². The number of rotatable bonds is 6. The van der Waals surface area contributed by atoms with Crippen molar-refractivity contribution in [2.45, 2.75) is 74.3 Å².